The maximum Gasteiger partial charge on any atom is 0.251 e. The molecule has 0 fully saturated rings. The summed E-state index contributed by atoms with van der Waals surface area (Å²) in [7, 11) is 3.15. The van der Waals surface area contributed by atoms with Crippen LogP contribution in [0.25, 0.3) is 5.69 Å². The summed E-state index contributed by atoms with van der Waals surface area (Å²) in [6, 6.07) is 6.76. The number of hydrogen-bond acceptors (Lipinski definition) is 4. The van der Waals surface area contributed by atoms with Crippen LogP contribution in [0.3, 0.4) is 0 Å². The number of nitrogens with one attached hydrogen (secondary N) is 1. The molecule has 1 aromatic heterocycles. The van der Waals surface area contributed by atoms with Crippen molar-refractivity contribution in [2.45, 2.75) is 0 Å². The van der Waals surface area contributed by atoms with E-state index in [1.807, 2.05) is 6.07 Å². The monoisotopic (exact) mass is 264 g/mol. The maximum atomic E-state index is 11.1. The smallest absolute Gasteiger partial charge is 0.251 e. The number of methoxy groups -OCH3 is 2. The van der Waals surface area contributed by atoms with Crippen LogP contribution < -0.4 is 15.0 Å². The zero-order valence-corrected chi connectivity index (χ0v) is 10.8. The Balaban J connectivity index is 2.63. The van der Waals surface area contributed by atoms with Crippen LogP contribution in [0.4, 0.5) is 0 Å². The third-order valence-corrected chi connectivity index (χ3v) is 2.77. The zero-order valence-electron chi connectivity index (χ0n) is 9.97. The molecule has 0 aliphatic carbocycles. The number of nitrogens with zero attached hydrogens (tertiary/aromatic N) is 1. The summed E-state index contributed by atoms with van der Waals surface area (Å²) >= 11 is 5.11. The third-order valence-electron chi connectivity index (χ3n) is 2.47. The first-order valence-corrected chi connectivity index (χ1v) is 5.61. The first-order valence-electron chi connectivity index (χ1n) is 5.20. The van der Waals surface area contributed by atoms with Crippen molar-refractivity contribution >= 4 is 12.2 Å². The van der Waals surface area contributed by atoms with Gasteiger partial charge in [-0.2, -0.15) is 0 Å². The predicted octanol–water partition coefficient (Wildman–Crippen LogP) is 1.91. The van der Waals surface area contributed by atoms with Gasteiger partial charge < -0.3 is 9.47 Å². The van der Waals surface area contributed by atoms with Crippen molar-refractivity contribution in [3.8, 4) is 17.2 Å². The maximum absolute atomic E-state index is 11.1. The summed E-state index contributed by atoms with van der Waals surface area (Å²) in [5.41, 5.74) is 0.503. The standard InChI is InChI=1S/C12H12N2O3S/c1-16-8-3-4-9(10(7-8)17-2)14-6-5-11(15)13-12(14)18/h3-7H,1-2H3,(H,13,15,18). The molecule has 2 aromatic rings. The Morgan fingerprint density at radius 2 is 2.00 bits per heavy atom. The quantitative estimate of drug-likeness (QED) is 0.860. The predicted molar refractivity (Wildman–Crippen MR) is 70.3 cm³/mol. The molecule has 0 amide bonds. The molecule has 2 rings (SSSR count). The SMILES string of the molecule is COc1ccc(-n2ccc(=O)[nH]c2=S)c(OC)c1. The zero-order chi connectivity index (χ0) is 13.1. The normalized spacial score (nSPS) is 10.1. The van der Waals surface area contributed by atoms with E-state index in [0.717, 1.165) is 5.69 Å². The van der Waals surface area contributed by atoms with Crippen molar-refractivity contribution in [1.29, 1.82) is 0 Å². The molecule has 18 heavy (non-hydrogen) atoms. The number of aromatic nitrogens is 2. The van der Waals surface area contributed by atoms with Crippen LogP contribution in [0.2, 0.25) is 0 Å². The molecule has 5 nitrogen and oxygen atoms in total. The third kappa shape index (κ3) is 2.28. The Bertz CT molecular complexity index is 676. The highest BCUT2D eigenvalue weighted by Crippen LogP contribution is 2.27. The minimum Gasteiger partial charge on any atom is -0.497 e. The van der Waals surface area contributed by atoms with E-state index in [9.17, 15) is 4.79 Å². The van der Waals surface area contributed by atoms with Gasteiger partial charge in [0.1, 0.15) is 11.5 Å². The highest BCUT2D eigenvalue weighted by Gasteiger charge is 2.07. The highest BCUT2D eigenvalue weighted by atomic mass is 32.1. The minimum atomic E-state index is -0.233. The fourth-order valence-corrected chi connectivity index (χ4v) is 1.85. The summed E-state index contributed by atoms with van der Waals surface area (Å²) in [5, 5.41) is 0. The fourth-order valence-electron chi connectivity index (χ4n) is 1.59. The first-order chi connectivity index (χ1) is 8.65. The topological polar surface area (TPSA) is 56.2 Å². The van der Waals surface area contributed by atoms with Crippen molar-refractivity contribution < 1.29 is 9.47 Å². The lowest BCUT2D eigenvalue weighted by atomic mass is 10.2. The van der Waals surface area contributed by atoms with E-state index in [0.29, 0.717) is 16.3 Å². The molecule has 1 N–H and O–H groups in total. The lowest BCUT2D eigenvalue weighted by Crippen LogP contribution is -2.10. The van der Waals surface area contributed by atoms with Crippen molar-refractivity contribution in [3.05, 3.63) is 45.6 Å². The molecule has 0 aliphatic heterocycles. The average Bonchev–Trinajstić information content (AvgIpc) is 2.38. The molecule has 0 saturated heterocycles. The van der Waals surface area contributed by atoms with Crippen LogP contribution >= 0.6 is 12.2 Å². The molecule has 0 radical (unpaired) electrons. The van der Waals surface area contributed by atoms with E-state index in [2.05, 4.69) is 4.98 Å². The van der Waals surface area contributed by atoms with Gasteiger partial charge in [0.05, 0.1) is 19.9 Å². The summed E-state index contributed by atoms with van der Waals surface area (Å²) in [6.07, 6.45) is 1.60. The summed E-state index contributed by atoms with van der Waals surface area (Å²) in [6.45, 7) is 0. The molecule has 0 atom stereocenters. The Hall–Kier alpha value is -2.08. The number of aromatic amines is 1. The average molecular weight is 264 g/mol. The second kappa shape index (κ2) is 5.05. The molecule has 6 heteroatoms. The van der Waals surface area contributed by atoms with Gasteiger partial charge in [-0.1, -0.05) is 0 Å². The number of hydrogen-bond donors (Lipinski definition) is 1. The van der Waals surface area contributed by atoms with E-state index in [-0.39, 0.29) is 5.56 Å². The fraction of sp³-hybridized carbons (Fsp3) is 0.167. The molecular weight excluding hydrogens is 252 g/mol. The number of rotatable bonds is 3. The number of benzene rings is 1. The van der Waals surface area contributed by atoms with Gasteiger partial charge in [-0.15, -0.1) is 0 Å². The van der Waals surface area contributed by atoms with Crippen LogP contribution in [0.15, 0.2) is 35.3 Å². The molecule has 0 unspecified atom stereocenters. The number of H-pyrrole nitrogens is 1. The van der Waals surface area contributed by atoms with E-state index in [1.165, 1.54) is 6.07 Å². The highest BCUT2D eigenvalue weighted by molar-refractivity contribution is 7.71. The van der Waals surface area contributed by atoms with Gasteiger partial charge >= 0.3 is 0 Å². The van der Waals surface area contributed by atoms with Gasteiger partial charge in [0, 0.05) is 18.3 Å². The largest absolute Gasteiger partial charge is 0.497 e. The van der Waals surface area contributed by atoms with Gasteiger partial charge in [-0.3, -0.25) is 14.3 Å². The van der Waals surface area contributed by atoms with Crippen LogP contribution in [0.1, 0.15) is 0 Å². The molecule has 0 aliphatic rings. The van der Waals surface area contributed by atoms with Gasteiger partial charge in [0.25, 0.3) is 5.56 Å². The molecule has 94 valence electrons. The van der Waals surface area contributed by atoms with Gasteiger partial charge in [-0.25, -0.2) is 0 Å². The summed E-state index contributed by atoms with van der Waals surface area (Å²) in [4.78, 5) is 13.7. The Kier molecular flexibility index (Phi) is 3.47. The van der Waals surface area contributed by atoms with Gasteiger partial charge in [0.15, 0.2) is 4.77 Å². The molecule has 0 spiro atoms. The summed E-state index contributed by atoms with van der Waals surface area (Å²) < 4.78 is 12.4. The van der Waals surface area contributed by atoms with Gasteiger partial charge in [0.2, 0.25) is 0 Å². The van der Waals surface area contributed by atoms with Crippen LogP contribution in [-0.4, -0.2) is 23.8 Å². The van der Waals surface area contributed by atoms with Crippen LogP contribution in [0.5, 0.6) is 11.5 Å². The molecule has 1 aromatic carbocycles. The molecule has 1 heterocycles. The molecule has 0 saturated carbocycles. The molecule has 0 bridgehead atoms. The van der Waals surface area contributed by atoms with Crippen molar-refractivity contribution in [1.82, 2.24) is 9.55 Å². The van der Waals surface area contributed by atoms with Crippen molar-refractivity contribution in [2.24, 2.45) is 0 Å². The number of ether oxygens (including phenoxy) is 2. The summed E-state index contributed by atoms with van der Waals surface area (Å²) in [5.74, 6) is 1.30. The van der Waals surface area contributed by atoms with Crippen LogP contribution in [-0.2, 0) is 0 Å². The minimum absolute atomic E-state index is 0.233. The second-order valence-electron chi connectivity index (χ2n) is 3.52. The molecular formula is C12H12N2O3S. The lowest BCUT2D eigenvalue weighted by Gasteiger charge is -2.12. The van der Waals surface area contributed by atoms with Crippen molar-refractivity contribution in [3.63, 3.8) is 0 Å². The lowest BCUT2D eigenvalue weighted by molar-refractivity contribution is 0.393. The van der Waals surface area contributed by atoms with E-state index < -0.39 is 0 Å². The first kappa shape index (κ1) is 12.4. The Morgan fingerprint density at radius 1 is 1.22 bits per heavy atom. The van der Waals surface area contributed by atoms with Gasteiger partial charge in [-0.05, 0) is 24.4 Å². The van der Waals surface area contributed by atoms with Crippen molar-refractivity contribution in [2.75, 3.05) is 14.2 Å². The Morgan fingerprint density at radius 3 is 2.61 bits per heavy atom. The van der Waals surface area contributed by atoms with E-state index in [4.69, 9.17) is 21.7 Å². The van der Waals surface area contributed by atoms with E-state index in [1.54, 1.807) is 37.1 Å². The second-order valence-corrected chi connectivity index (χ2v) is 3.90. The Labute approximate surface area is 109 Å². The van der Waals surface area contributed by atoms with E-state index >= 15 is 0 Å². The van der Waals surface area contributed by atoms with Crippen LogP contribution in [0, 0.1) is 4.77 Å².